The van der Waals surface area contributed by atoms with Crippen molar-refractivity contribution in [3.05, 3.63) is 23.8 Å². The summed E-state index contributed by atoms with van der Waals surface area (Å²) in [7, 11) is 0. The summed E-state index contributed by atoms with van der Waals surface area (Å²) in [4.78, 5) is 21.3. The van der Waals surface area contributed by atoms with Crippen LogP contribution in [0.15, 0.2) is 12.5 Å². The zero-order valence-corrected chi connectivity index (χ0v) is 11.5. The molecule has 0 aliphatic carbocycles. The lowest BCUT2D eigenvalue weighted by molar-refractivity contribution is -0.263. The number of hydrogen-bond donors (Lipinski definition) is 1. The van der Waals surface area contributed by atoms with Gasteiger partial charge >= 0.3 is 6.18 Å². The quantitative estimate of drug-likeness (QED) is 0.857. The number of hydrogen-bond acceptors (Lipinski definition) is 4. The van der Waals surface area contributed by atoms with Crippen LogP contribution in [0.5, 0.6) is 0 Å². The highest BCUT2D eigenvalue weighted by Crippen LogP contribution is 2.38. The summed E-state index contributed by atoms with van der Waals surface area (Å²) < 4.78 is 38.5. The standard InChI is InChI=1S/C13H16F3N3O2/c1-9-10(7-17-8-18-9)11(20)19-5-2-3-12(21,4-6-19)13(14,15)16/h7-8,21H,2-6H2,1H3. The van der Waals surface area contributed by atoms with Gasteiger partial charge in [-0.2, -0.15) is 13.2 Å². The SMILES string of the molecule is Cc1ncncc1C(=O)N1CCCC(O)(C(F)(F)F)CC1. The summed E-state index contributed by atoms with van der Waals surface area (Å²) >= 11 is 0. The molecule has 0 bridgehead atoms. The largest absolute Gasteiger partial charge is 0.417 e. The number of likely N-dealkylation sites (tertiary alicyclic amines) is 1. The first-order valence-corrected chi connectivity index (χ1v) is 6.59. The number of amides is 1. The Kier molecular flexibility index (Phi) is 4.18. The third kappa shape index (κ3) is 3.15. The Morgan fingerprint density at radius 1 is 1.38 bits per heavy atom. The summed E-state index contributed by atoms with van der Waals surface area (Å²) in [6, 6.07) is 0. The summed E-state index contributed by atoms with van der Waals surface area (Å²) in [5.41, 5.74) is -1.97. The second kappa shape index (κ2) is 5.59. The molecule has 1 aliphatic rings. The number of halogens is 3. The van der Waals surface area contributed by atoms with E-state index in [0.29, 0.717) is 5.69 Å². The molecular weight excluding hydrogens is 287 g/mol. The fraction of sp³-hybridized carbons (Fsp3) is 0.615. The van der Waals surface area contributed by atoms with E-state index in [-0.39, 0.29) is 25.1 Å². The number of alkyl halides is 3. The van der Waals surface area contributed by atoms with Gasteiger partial charge in [-0.05, 0) is 19.8 Å². The van der Waals surface area contributed by atoms with Crippen LogP contribution in [0.1, 0.15) is 35.3 Å². The lowest BCUT2D eigenvalue weighted by Crippen LogP contribution is -2.46. The van der Waals surface area contributed by atoms with Crippen LogP contribution in [0.3, 0.4) is 0 Å². The first-order valence-electron chi connectivity index (χ1n) is 6.59. The number of aromatic nitrogens is 2. The Morgan fingerprint density at radius 2 is 2.10 bits per heavy atom. The van der Waals surface area contributed by atoms with E-state index in [2.05, 4.69) is 9.97 Å². The molecule has 2 heterocycles. The average molecular weight is 303 g/mol. The van der Waals surface area contributed by atoms with Gasteiger partial charge in [0.15, 0.2) is 5.60 Å². The molecule has 1 N–H and O–H groups in total. The summed E-state index contributed by atoms with van der Waals surface area (Å²) in [6.45, 7) is 1.66. The van der Waals surface area contributed by atoms with Gasteiger partial charge in [-0.15, -0.1) is 0 Å². The minimum Gasteiger partial charge on any atom is -0.380 e. The molecule has 0 spiro atoms. The molecule has 2 rings (SSSR count). The Labute approximate surface area is 119 Å². The topological polar surface area (TPSA) is 66.3 Å². The summed E-state index contributed by atoms with van der Waals surface area (Å²) in [5.74, 6) is -0.403. The lowest BCUT2D eigenvalue weighted by atomic mass is 9.94. The predicted molar refractivity (Wildman–Crippen MR) is 67.5 cm³/mol. The maximum Gasteiger partial charge on any atom is 0.417 e. The molecule has 8 heteroatoms. The molecule has 1 saturated heterocycles. The van der Waals surface area contributed by atoms with Crippen LogP contribution in [0.2, 0.25) is 0 Å². The van der Waals surface area contributed by atoms with Gasteiger partial charge in [-0.25, -0.2) is 9.97 Å². The van der Waals surface area contributed by atoms with Gasteiger partial charge in [0.25, 0.3) is 5.91 Å². The Bertz CT molecular complexity index is 536. The van der Waals surface area contributed by atoms with Gasteiger partial charge < -0.3 is 10.0 Å². The van der Waals surface area contributed by atoms with Gasteiger partial charge in [-0.3, -0.25) is 4.79 Å². The Morgan fingerprint density at radius 3 is 2.71 bits per heavy atom. The van der Waals surface area contributed by atoms with Crippen molar-refractivity contribution in [1.29, 1.82) is 0 Å². The zero-order chi connectivity index (χ0) is 15.7. The van der Waals surface area contributed by atoms with E-state index in [1.807, 2.05) is 0 Å². The van der Waals surface area contributed by atoms with Crippen molar-refractivity contribution in [2.75, 3.05) is 13.1 Å². The number of nitrogens with zero attached hydrogens (tertiary/aromatic N) is 3. The maximum atomic E-state index is 12.8. The molecule has 0 saturated carbocycles. The van der Waals surface area contributed by atoms with Crippen molar-refractivity contribution < 1.29 is 23.1 Å². The molecule has 1 aliphatic heterocycles. The normalized spacial score (nSPS) is 23.8. The van der Waals surface area contributed by atoms with Crippen molar-refractivity contribution in [1.82, 2.24) is 14.9 Å². The van der Waals surface area contributed by atoms with Crippen LogP contribution < -0.4 is 0 Å². The second-order valence-electron chi connectivity index (χ2n) is 5.20. The second-order valence-corrected chi connectivity index (χ2v) is 5.20. The van der Waals surface area contributed by atoms with E-state index in [4.69, 9.17) is 0 Å². The molecule has 1 aromatic heterocycles. The van der Waals surface area contributed by atoms with Crippen molar-refractivity contribution >= 4 is 5.91 Å². The molecule has 1 fully saturated rings. The fourth-order valence-corrected chi connectivity index (χ4v) is 2.38. The van der Waals surface area contributed by atoms with Crippen LogP contribution in [0, 0.1) is 6.92 Å². The fourth-order valence-electron chi connectivity index (χ4n) is 2.38. The van der Waals surface area contributed by atoms with E-state index in [0.717, 1.165) is 0 Å². The van der Waals surface area contributed by atoms with Gasteiger partial charge in [0, 0.05) is 25.7 Å². The maximum absolute atomic E-state index is 12.8. The molecule has 0 radical (unpaired) electrons. The van der Waals surface area contributed by atoms with Crippen LogP contribution in [-0.4, -0.2) is 50.7 Å². The van der Waals surface area contributed by atoms with Gasteiger partial charge in [0.05, 0.1) is 11.3 Å². The van der Waals surface area contributed by atoms with Crippen LogP contribution in [0.25, 0.3) is 0 Å². The van der Waals surface area contributed by atoms with Gasteiger partial charge in [0.2, 0.25) is 0 Å². The molecule has 1 atom stereocenters. The highest BCUT2D eigenvalue weighted by Gasteiger charge is 2.53. The van der Waals surface area contributed by atoms with E-state index in [1.54, 1.807) is 6.92 Å². The van der Waals surface area contributed by atoms with Gasteiger partial charge in [0.1, 0.15) is 6.33 Å². The van der Waals surface area contributed by atoms with Crippen molar-refractivity contribution in [2.45, 2.75) is 38.0 Å². The molecule has 116 valence electrons. The predicted octanol–water partition coefficient (Wildman–Crippen LogP) is 1.70. The number of rotatable bonds is 1. The van der Waals surface area contributed by atoms with Crippen molar-refractivity contribution in [2.24, 2.45) is 0 Å². The molecule has 1 aromatic rings. The molecular formula is C13H16F3N3O2. The van der Waals surface area contributed by atoms with Gasteiger partial charge in [-0.1, -0.05) is 0 Å². The number of aryl methyl sites for hydroxylation is 1. The van der Waals surface area contributed by atoms with E-state index < -0.39 is 30.5 Å². The number of carbonyl (C=O) groups excluding carboxylic acids is 1. The third-order valence-corrected chi connectivity index (χ3v) is 3.77. The highest BCUT2D eigenvalue weighted by molar-refractivity contribution is 5.94. The molecule has 1 amide bonds. The Balaban J connectivity index is 2.14. The van der Waals surface area contributed by atoms with Crippen LogP contribution in [-0.2, 0) is 0 Å². The molecule has 1 unspecified atom stereocenters. The lowest BCUT2D eigenvalue weighted by Gasteiger charge is -2.29. The van der Waals surface area contributed by atoms with E-state index >= 15 is 0 Å². The van der Waals surface area contributed by atoms with E-state index in [9.17, 15) is 23.1 Å². The van der Waals surface area contributed by atoms with Crippen molar-refractivity contribution in [3.8, 4) is 0 Å². The van der Waals surface area contributed by atoms with E-state index in [1.165, 1.54) is 17.4 Å². The number of carbonyl (C=O) groups is 1. The third-order valence-electron chi connectivity index (χ3n) is 3.77. The summed E-state index contributed by atoms with van der Waals surface area (Å²) in [5, 5.41) is 9.72. The Hall–Kier alpha value is -1.70. The zero-order valence-electron chi connectivity index (χ0n) is 11.5. The van der Waals surface area contributed by atoms with Crippen LogP contribution >= 0.6 is 0 Å². The highest BCUT2D eigenvalue weighted by atomic mass is 19.4. The van der Waals surface area contributed by atoms with Crippen molar-refractivity contribution in [3.63, 3.8) is 0 Å². The molecule has 5 nitrogen and oxygen atoms in total. The minimum atomic E-state index is -4.68. The molecule has 21 heavy (non-hydrogen) atoms. The summed E-state index contributed by atoms with van der Waals surface area (Å²) in [6.07, 6.45) is -2.85. The number of aliphatic hydroxyl groups is 1. The first-order chi connectivity index (χ1) is 9.74. The average Bonchev–Trinajstić information content (AvgIpc) is 2.61. The molecule has 0 aromatic carbocycles. The minimum absolute atomic E-state index is 0.0918. The smallest absolute Gasteiger partial charge is 0.380 e. The monoisotopic (exact) mass is 303 g/mol. The first kappa shape index (κ1) is 15.7. The van der Waals surface area contributed by atoms with Crippen LogP contribution in [0.4, 0.5) is 13.2 Å².